The number of carbonyl (C=O) groups is 1. The summed E-state index contributed by atoms with van der Waals surface area (Å²) in [5, 5.41) is 7.88. The van der Waals surface area contributed by atoms with Crippen LogP contribution < -0.4 is 9.46 Å². The molecule has 10 heteroatoms. The van der Waals surface area contributed by atoms with Crippen molar-refractivity contribution < 1.29 is 17.9 Å². The smallest absolute Gasteiger partial charge is 0.265 e. The molecule has 1 N–H and O–H groups in total. The largest absolute Gasteiger partial charge is 0.495 e. The number of carbonyl (C=O) groups excluding carboxylic acids is 1. The van der Waals surface area contributed by atoms with Gasteiger partial charge >= 0.3 is 0 Å². The zero-order valence-electron chi connectivity index (χ0n) is 17.9. The molecule has 2 aromatic carbocycles. The fraction of sp³-hybridized carbons (Fsp3) is 0.286. The minimum Gasteiger partial charge on any atom is -0.495 e. The summed E-state index contributed by atoms with van der Waals surface area (Å²) in [7, 11) is -0.855. The van der Waals surface area contributed by atoms with Gasteiger partial charge < -0.3 is 9.64 Å². The average Bonchev–Trinajstić information content (AvgIpc) is 3.17. The summed E-state index contributed by atoms with van der Waals surface area (Å²) in [4.78, 5) is 14.5. The summed E-state index contributed by atoms with van der Waals surface area (Å²) in [6.45, 7) is 4.44. The van der Waals surface area contributed by atoms with Crippen molar-refractivity contribution in [1.82, 2.24) is 19.9 Å². The van der Waals surface area contributed by atoms with Crippen LogP contribution in [0.1, 0.15) is 28.5 Å². The van der Waals surface area contributed by atoms with E-state index in [0.29, 0.717) is 17.9 Å². The maximum Gasteiger partial charge on any atom is 0.265 e. The van der Waals surface area contributed by atoms with E-state index in [0.717, 1.165) is 5.56 Å². The Morgan fingerprint density at radius 1 is 1.19 bits per heavy atom. The Labute approximate surface area is 181 Å². The number of aromatic nitrogens is 3. The van der Waals surface area contributed by atoms with Crippen LogP contribution in [0, 0.1) is 6.92 Å². The van der Waals surface area contributed by atoms with Gasteiger partial charge in [-0.15, -0.1) is 5.10 Å². The number of amides is 1. The van der Waals surface area contributed by atoms with Crippen molar-refractivity contribution in [2.75, 3.05) is 18.4 Å². The molecule has 0 radical (unpaired) electrons. The highest BCUT2D eigenvalue weighted by atomic mass is 32.2. The summed E-state index contributed by atoms with van der Waals surface area (Å²) in [6.07, 6.45) is 1.73. The normalized spacial score (nSPS) is 11.2. The summed E-state index contributed by atoms with van der Waals surface area (Å²) >= 11 is 0. The topological polar surface area (TPSA) is 106 Å². The van der Waals surface area contributed by atoms with E-state index in [1.54, 1.807) is 53.2 Å². The molecule has 0 unspecified atom stereocenters. The summed E-state index contributed by atoms with van der Waals surface area (Å²) in [6, 6.07) is 11.3. The zero-order valence-corrected chi connectivity index (χ0v) is 18.7. The Bertz CT molecular complexity index is 1170. The molecule has 1 amide bonds. The van der Waals surface area contributed by atoms with Gasteiger partial charge in [0.1, 0.15) is 16.3 Å². The second kappa shape index (κ2) is 9.17. The highest BCUT2D eigenvalue weighted by molar-refractivity contribution is 7.92. The number of rotatable bonds is 8. The van der Waals surface area contributed by atoms with Gasteiger partial charge in [0.2, 0.25) is 0 Å². The third-order valence-electron chi connectivity index (χ3n) is 4.68. The van der Waals surface area contributed by atoms with Crippen LogP contribution >= 0.6 is 0 Å². The molecule has 0 fully saturated rings. The van der Waals surface area contributed by atoms with Gasteiger partial charge in [-0.1, -0.05) is 22.9 Å². The molecule has 164 valence electrons. The number of sulfonamides is 1. The third kappa shape index (κ3) is 5.21. The van der Waals surface area contributed by atoms with E-state index in [9.17, 15) is 13.2 Å². The summed E-state index contributed by atoms with van der Waals surface area (Å²) in [5.41, 5.74) is 2.30. The van der Waals surface area contributed by atoms with Gasteiger partial charge in [0.05, 0.1) is 13.7 Å². The van der Waals surface area contributed by atoms with Gasteiger partial charge in [0.25, 0.3) is 15.9 Å². The van der Waals surface area contributed by atoms with E-state index in [4.69, 9.17) is 4.74 Å². The first-order chi connectivity index (χ1) is 14.7. The molecule has 1 heterocycles. The molecule has 0 aliphatic carbocycles. The number of anilines is 1. The van der Waals surface area contributed by atoms with Crippen molar-refractivity contribution in [2.45, 2.75) is 25.3 Å². The molecular weight excluding hydrogens is 418 g/mol. The van der Waals surface area contributed by atoms with Crippen LogP contribution in [0.3, 0.4) is 0 Å². The Hall–Kier alpha value is -3.40. The van der Waals surface area contributed by atoms with Crippen LogP contribution in [-0.2, 0) is 23.6 Å². The maximum absolute atomic E-state index is 13.1. The Morgan fingerprint density at radius 3 is 2.48 bits per heavy atom. The number of ether oxygens (including phenoxy) is 1. The van der Waals surface area contributed by atoms with Gasteiger partial charge in [0.15, 0.2) is 0 Å². The van der Waals surface area contributed by atoms with Crippen LogP contribution in [-0.4, -0.2) is 47.9 Å². The van der Waals surface area contributed by atoms with Crippen molar-refractivity contribution in [3.8, 4) is 5.75 Å². The lowest BCUT2D eigenvalue weighted by Crippen LogP contribution is -2.30. The summed E-state index contributed by atoms with van der Waals surface area (Å²) < 4.78 is 35.4. The highest BCUT2D eigenvalue weighted by Gasteiger charge is 2.24. The van der Waals surface area contributed by atoms with Gasteiger partial charge in [0, 0.05) is 31.0 Å². The van der Waals surface area contributed by atoms with E-state index in [-0.39, 0.29) is 28.7 Å². The second-order valence-corrected chi connectivity index (χ2v) is 8.69. The molecule has 0 spiro atoms. The van der Waals surface area contributed by atoms with E-state index in [2.05, 4.69) is 15.0 Å². The first-order valence-electron chi connectivity index (χ1n) is 9.65. The second-order valence-electron chi connectivity index (χ2n) is 7.04. The Kier molecular flexibility index (Phi) is 6.59. The van der Waals surface area contributed by atoms with Crippen LogP contribution in [0.2, 0.25) is 0 Å². The first kappa shape index (κ1) is 22.3. The lowest BCUT2D eigenvalue weighted by atomic mass is 10.2. The molecule has 3 rings (SSSR count). The number of hydrogen-bond acceptors (Lipinski definition) is 6. The molecule has 0 saturated carbocycles. The van der Waals surface area contributed by atoms with Gasteiger partial charge in [-0.05, 0) is 44.2 Å². The van der Waals surface area contributed by atoms with Gasteiger partial charge in [-0.25, -0.2) is 8.42 Å². The number of aryl methyl sites for hydroxylation is 2. The number of nitrogens with zero attached hydrogens (tertiary/aromatic N) is 4. The minimum absolute atomic E-state index is 0.114. The quantitative estimate of drug-likeness (QED) is 0.574. The molecule has 0 saturated heterocycles. The number of methoxy groups -OCH3 is 1. The molecule has 31 heavy (non-hydrogen) atoms. The monoisotopic (exact) mass is 443 g/mol. The number of benzene rings is 2. The predicted molar refractivity (Wildman–Crippen MR) is 116 cm³/mol. The van der Waals surface area contributed by atoms with Gasteiger partial charge in [-0.2, -0.15) is 0 Å². The highest BCUT2D eigenvalue weighted by Crippen LogP contribution is 2.28. The standard InChI is InChI=1S/C21H25N5O4S/c1-5-26(14-18-13-25(3)24-22-18)21(27)16-8-11-19(30-4)20(12-16)31(28,29)23-17-9-6-15(2)7-10-17/h6-13,23H,5,14H2,1-4H3. The van der Waals surface area contributed by atoms with Crippen LogP contribution in [0.15, 0.2) is 53.6 Å². The third-order valence-corrected chi connectivity index (χ3v) is 6.08. The van der Waals surface area contributed by atoms with E-state index < -0.39 is 10.0 Å². The van der Waals surface area contributed by atoms with Crippen LogP contribution in [0.5, 0.6) is 5.75 Å². The van der Waals surface area contributed by atoms with Crippen molar-refractivity contribution in [3.05, 3.63) is 65.5 Å². The lowest BCUT2D eigenvalue weighted by Gasteiger charge is -2.20. The van der Waals surface area contributed by atoms with Crippen molar-refractivity contribution in [1.29, 1.82) is 0 Å². The fourth-order valence-corrected chi connectivity index (χ4v) is 4.28. The van der Waals surface area contributed by atoms with Crippen molar-refractivity contribution >= 4 is 21.6 Å². The molecule has 1 aromatic heterocycles. The van der Waals surface area contributed by atoms with Crippen LogP contribution in [0.4, 0.5) is 5.69 Å². The predicted octanol–water partition coefficient (Wildman–Crippen LogP) is 2.60. The number of hydrogen-bond donors (Lipinski definition) is 1. The van der Waals surface area contributed by atoms with Gasteiger partial charge in [-0.3, -0.25) is 14.2 Å². The fourth-order valence-electron chi connectivity index (χ4n) is 3.02. The molecule has 0 atom stereocenters. The summed E-state index contributed by atoms with van der Waals surface area (Å²) in [5.74, 6) is -0.171. The lowest BCUT2D eigenvalue weighted by molar-refractivity contribution is 0.0750. The molecule has 3 aromatic rings. The molecule has 0 aliphatic rings. The van der Waals surface area contributed by atoms with E-state index in [1.165, 1.54) is 19.2 Å². The minimum atomic E-state index is -3.98. The van der Waals surface area contributed by atoms with Crippen molar-refractivity contribution in [3.63, 3.8) is 0 Å². The molecule has 0 aliphatic heterocycles. The Morgan fingerprint density at radius 2 is 1.90 bits per heavy atom. The molecular formula is C21H25N5O4S. The van der Waals surface area contributed by atoms with E-state index >= 15 is 0 Å². The zero-order chi connectivity index (χ0) is 22.6. The SMILES string of the molecule is CCN(Cc1cn(C)nn1)C(=O)c1ccc(OC)c(S(=O)(=O)Nc2ccc(C)cc2)c1. The molecule has 9 nitrogen and oxygen atoms in total. The van der Waals surface area contributed by atoms with E-state index in [1.807, 2.05) is 13.8 Å². The average molecular weight is 444 g/mol. The Balaban J connectivity index is 1.91. The van der Waals surface area contributed by atoms with Crippen LogP contribution in [0.25, 0.3) is 0 Å². The molecule has 0 bridgehead atoms. The maximum atomic E-state index is 13.1. The van der Waals surface area contributed by atoms with Crippen molar-refractivity contribution in [2.24, 2.45) is 7.05 Å². The first-order valence-corrected chi connectivity index (χ1v) is 11.1. The number of nitrogens with one attached hydrogen (secondary N) is 1.